The van der Waals surface area contributed by atoms with E-state index < -0.39 is 59.7 Å². The minimum Gasteiger partial charge on any atom is -0.492 e. The van der Waals surface area contributed by atoms with Crippen LogP contribution in [-0.2, 0) is 32.6 Å². The average molecular weight is 992 g/mol. The first kappa shape index (κ1) is 53.2. The number of carbonyl (C=O) groups excluding carboxylic acids is 6. The molecule has 0 fully saturated rings. The van der Waals surface area contributed by atoms with Crippen LogP contribution in [0, 0.1) is 6.92 Å². The molecule has 5 amide bonds. The number of ketones is 1. The van der Waals surface area contributed by atoms with E-state index >= 15 is 0 Å². The number of unbranched alkanes of at least 4 members (excludes halogenated alkanes) is 1. The predicted molar refractivity (Wildman–Crippen MR) is 271 cm³/mol. The molecule has 2 heterocycles. The number of amides is 5. The van der Waals surface area contributed by atoms with E-state index in [4.69, 9.17) is 38.3 Å². The lowest BCUT2D eigenvalue weighted by atomic mass is 9.93. The molecule has 0 unspecified atom stereocenters. The number of ether oxygens (including phenoxy) is 2. The van der Waals surface area contributed by atoms with Gasteiger partial charge in [-0.05, 0) is 123 Å². The Labute approximate surface area is 418 Å². The number of nitrogens with one attached hydrogen (secondary N) is 4. The van der Waals surface area contributed by atoms with Crippen molar-refractivity contribution in [1.29, 1.82) is 0 Å². The summed E-state index contributed by atoms with van der Waals surface area (Å²) in [5.41, 5.74) is 22.5. The number of aromatic nitrogens is 2. The second-order valence-corrected chi connectivity index (χ2v) is 17.9. The summed E-state index contributed by atoms with van der Waals surface area (Å²) in [6.45, 7) is 5.73. The van der Waals surface area contributed by atoms with E-state index in [-0.39, 0.29) is 44.9 Å². The van der Waals surface area contributed by atoms with Crippen LogP contribution >= 0.6 is 11.6 Å². The molecule has 4 bridgehead atoms. The fourth-order valence-electron chi connectivity index (χ4n) is 8.39. The van der Waals surface area contributed by atoms with Crippen LogP contribution in [-0.4, -0.2) is 114 Å². The van der Waals surface area contributed by atoms with Crippen LogP contribution in [0.2, 0.25) is 5.02 Å². The zero-order valence-corrected chi connectivity index (χ0v) is 41.4. The van der Waals surface area contributed by atoms with E-state index in [1.54, 1.807) is 99.9 Å². The minimum absolute atomic E-state index is 0.0453. The maximum atomic E-state index is 14.9. The number of halogens is 1. The Kier molecular flexibility index (Phi) is 18.5. The molecule has 0 spiro atoms. The van der Waals surface area contributed by atoms with Crippen LogP contribution in [0.5, 0.6) is 11.5 Å². The first-order valence-corrected chi connectivity index (χ1v) is 23.9. The molecular formula is C52H63ClN10O8. The number of hydrogen-bond donors (Lipinski definition) is 7. The number of aryl methyl sites for hydroxylation is 2. The summed E-state index contributed by atoms with van der Waals surface area (Å²) in [7, 11) is 3.08. The van der Waals surface area contributed by atoms with Crippen LogP contribution in [0.1, 0.15) is 76.7 Å². The molecule has 376 valence electrons. The molecule has 5 atom stereocenters. The number of fused-ring (bicyclic) bond motifs is 5. The Balaban J connectivity index is 1.39. The summed E-state index contributed by atoms with van der Waals surface area (Å²) in [5.74, 6) is -2.84. The van der Waals surface area contributed by atoms with Gasteiger partial charge in [-0.2, -0.15) is 5.10 Å². The molecule has 0 aliphatic carbocycles. The average Bonchev–Trinajstić information content (AvgIpc) is 3.70. The first-order chi connectivity index (χ1) is 34.0. The quantitative estimate of drug-likeness (QED) is 0.0461. The summed E-state index contributed by atoms with van der Waals surface area (Å²) in [6.07, 6.45) is 2.75. The van der Waals surface area contributed by atoms with E-state index in [2.05, 4.69) is 26.4 Å². The lowest BCUT2D eigenvalue weighted by molar-refractivity contribution is -0.141. The van der Waals surface area contributed by atoms with Gasteiger partial charge >= 0.3 is 0 Å². The van der Waals surface area contributed by atoms with Gasteiger partial charge in [0, 0.05) is 55.3 Å². The molecule has 4 aromatic carbocycles. The van der Waals surface area contributed by atoms with Crippen molar-refractivity contribution >= 4 is 46.9 Å². The molecule has 1 aromatic heterocycles. The van der Waals surface area contributed by atoms with Gasteiger partial charge in [-0.3, -0.25) is 33.4 Å². The Morgan fingerprint density at radius 3 is 2.06 bits per heavy atom. The van der Waals surface area contributed by atoms with Crippen LogP contribution in [0.4, 0.5) is 0 Å². The number of nitrogens with zero attached hydrogens (tertiary/aromatic N) is 3. The van der Waals surface area contributed by atoms with Crippen molar-refractivity contribution in [2.24, 2.45) is 24.2 Å². The van der Waals surface area contributed by atoms with Crippen molar-refractivity contribution < 1.29 is 38.2 Å². The summed E-state index contributed by atoms with van der Waals surface area (Å²) < 4.78 is 13.8. The van der Waals surface area contributed by atoms with Crippen molar-refractivity contribution in [2.75, 3.05) is 39.9 Å². The number of carbonyl (C=O) groups is 6. The lowest BCUT2D eigenvalue weighted by Gasteiger charge is -2.33. The van der Waals surface area contributed by atoms with Crippen molar-refractivity contribution in [3.63, 3.8) is 0 Å². The topological polar surface area (TPSA) is 268 Å². The molecule has 0 saturated carbocycles. The Morgan fingerprint density at radius 2 is 1.45 bits per heavy atom. The lowest BCUT2D eigenvalue weighted by Crippen LogP contribution is -2.57. The number of rotatable bonds is 19. The summed E-state index contributed by atoms with van der Waals surface area (Å²) in [4.78, 5) is 86.7. The summed E-state index contributed by atoms with van der Waals surface area (Å²) in [5, 5.41) is 16.0. The van der Waals surface area contributed by atoms with Crippen LogP contribution < -0.4 is 47.9 Å². The zero-order valence-electron chi connectivity index (χ0n) is 40.6. The van der Waals surface area contributed by atoms with Crippen molar-refractivity contribution in [3.8, 4) is 33.8 Å². The van der Waals surface area contributed by atoms with Crippen molar-refractivity contribution in [2.45, 2.75) is 76.7 Å². The van der Waals surface area contributed by atoms with E-state index in [1.165, 1.54) is 23.6 Å². The minimum atomic E-state index is -1.39. The van der Waals surface area contributed by atoms with Crippen molar-refractivity contribution in [1.82, 2.24) is 35.9 Å². The zero-order chi connectivity index (χ0) is 51.4. The molecule has 0 saturated heterocycles. The van der Waals surface area contributed by atoms with Gasteiger partial charge < -0.3 is 52.8 Å². The molecule has 19 heteroatoms. The second kappa shape index (κ2) is 24.6. The highest BCUT2D eigenvalue weighted by Gasteiger charge is 2.36. The van der Waals surface area contributed by atoms with E-state index in [1.807, 2.05) is 12.1 Å². The highest BCUT2D eigenvalue weighted by molar-refractivity contribution is 6.30. The van der Waals surface area contributed by atoms with E-state index in [9.17, 15) is 28.8 Å². The Bertz CT molecular complexity index is 2690. The molecule has 10 N–H and O–H groups in total. The summed E-state index contributed by atoms with van der Waals surface area (Å²) in [6, 6.07) is 18.5. The molecule has 5 aromatic rings. The smallest absolute Gasteiger partial charge is 0.251 e. The predicted octanol–water partition coefficient (Wildman–Crippen LogP) is 3.75. The molecule has 71 heavy (non-hydrogen) atoms. The maximum absolute atomic E-state index is 14.9. The third-order valence-corrected chi connectivity index (χ3v) is 12.4. The number of hydrogen-bond acceptors (Lipinski definition) is 12. The molecular weight excluding hydrogens is 928 g/mol. The van der Waals surface area contributed by atoms with E-state index in [0.29, 0.717) is 75.0 Å². The SMILES string of the molecule is Cc1cnn(C)c1C(=O)[C@H](C)NC(=O)[C@@H]1Cc2ccc(OCCN)c(c2)-c2cc(ccc2OCCN)[C@H](N(C)C(=O)[C@H](CCCCN)NC(=O)c2ccc(-c3ccc(Cl)cc3)cc2)C(=O)N[C@@H](C)C(=O)N1. The highest BCUT2D eigenvalue weighted by atomic mass is 35.5. The highest BCUT2D eigenvalue weighted by Crippen LogP contribution is 2.40. The Hall–Kier alpha value is -7.12. The maximum Gasteiger partial charge on any atom is 0.251 e. The molecule has 6 rings (SSSR count). The normalized spacial score (nSPS) is 16.6. The molecule has 18 nitrogen and oxygen atoms in total. The fourth-order valence-corrected chi connectivity index (χ4v) is 8.52. The van der Waals surface area contributed by atoms with Gasteiger partial charge in [-0.15, -0.1) is 0 Å². The van der Waals surface area contributed by atoms with Gasteiger partial charge in [0.05, 0.1) is 12.2 Å². The second-order valence-electron chi connectivity index (χ2n) is 17.5. The largest absolute Gasteiger partial charge is 0.492 e. The number of likely N-dealkylation sites (N-methyl/N-ethyl adjacent to an activating group) is 1. The van der Waals surface area contributed by atoms with Gasteiger partial charge in [-0.1, -0.05) is 48.0 Å². The Morgan fingerprint density at radius 1 is 0.831 bits per heavy atom. The van der Waals surface area contributed by atoms with Crippen LogP contribution in [0.15, 0.2) is 91.1 Å². The summed E-state index contributed by atoms with van der Waals surface area (Å²) >= 11 is 6.09. The first-order valence-electron chi connectivity index (χ1n) is 23.6. The molecule has 1 aliphatic rings. The van der Waals surface area contributed by atoms with Crippen molar-refractivity contribution in [3.05, 3.63) is 124 Å². The monoisotopic (exact) mass is 990 g/mol. The van der Waals surface area contributed by atoms with Gasteiger partial charge in [0.25, 0.3) is 5.91 Å². The van der Waals surface area contributed by atoms with E-state index in [0.717, 1.165) is 11.1 Å². The van der Waals surface area contributed by atoms with Gasteiger partial charge in [0.2, 0.25) is 29.4 Å². The van der Waals surface area contributed by atoms with Gasteiger partial charge in [0.15, 0.2) is 0 Å². The number of Topliss-reactive ketones (excluding diaryl/α,β-unsaturated/α-hetero) is 1. The third-order valence-electron chi connectivity index (χ3n) is 12.2. The molecule has 1 aliphatic heterocycles. The third kappa shape index (κ3) is 13.2. The standard InChI is InChI=1S/C52H63ClN10O8/c1-30-29-57-63(5)45(30)47(64)31(2)58-50(67)42-27-33-9-19-43(70-24-22-55)39(26-33)40-28-37(16-20-44(40)71-25-23-56)46(51(68)59-32(3)48(65)61-42)62(4)52(69)41(8-6-7-21-54)60-49(66)36-12-10-34(11-13-36)35-14-17-38(53)18-15-35/h9-20,26,28-29,31-32,41-42,46H,6-8,21-25,27,54-56H2,1-5H3,(H,58,67)(H,59,68)(H,60,66)(H,61,65)/t31-,32-,41-,42-,46-/m0/s1. The van der Waals surface area contributed by atoms with Gasteiger partial charge in [-0.25, -0.2) is 0 Å². The van der Waals surface area contributed by atoms with Crippen LogP contribution in [0.25, 0.3) is 22.3 Å². The van der Waals surface area contributed by atoms with Crippen LogP contribution in [0.3, 0.4) is 0 Å². The van der Waals surface area contributed by atoms with Gasteiger partial charge in [0.1, 0.15) is 54.6 Å². The fraction of sp³-hybridized carbons (Fsp3) is 0.365. The number of benzene rings is 4. The molecule has 0 radical (unpaired) electrons. The number of nitrogens with two attached hydrogens (primary N) is 3.